The van der Waals surface area contributed by atoms with Gasteiger partial charge in [-0.1, -0.05) is 30.7 Å². The predicted octanol–water partition coefficient (Wildman–Crippen LogP) is 3.03. The van der Waals surface area contributed by atoms with Crippen molar-refractivity contribution in [1.82, 2.24) is 0 Å². The molecule has 1 aliphatic carbocycles. The Labute approximate surface area is 120 Å². The highest BCUT2D eigenvalue weighted by atomic mass is 16.6. The smallest absolute Gasteiger partial charge is 0.324 e. The van der Waals surface area contributed by atoms with Crippen molar-refractivity contribution in [2.75, 3.05) is 13.2 Å². The first-order valence-electron chi connectivity index (χ1n) is 7.17. The van der Waals surface area contributed by atoms with Crippen LogP contribution in [0, 0.1) is 11.3 Å². The molecule has 0 aromatic rings. The van der Waals surface area contributed by atoms with E-state index in [1.165, 1.54) is 0 Å². The fourth-order valence-electron chi connectivity index (χ4n) is 2.68. The van der Waals surface area contributed by atoms with E-state index in [0.717, 1.165) is 18.4 Å². The molecule has 0 spiro atoms. The number of carbonyl (C=O) groups excluding carboxylic acids is 2. The molecule has 0 bridgehead atoms. The Morgan fingerprint density at radius 1 is 1.25 bits per heavy atom. The van der Waals surface area contributed by atoms with Gasteiger partial charge in [0.1, 0.15) is 0 Å². The lowest BCUT2D eigenvalue weighted by atomic mass is 9.77. The van der Waals surface area contributed by atoms with E-state index in [4.69, 9.17) is 9.47 Å². The minimum Gasteiger partial charge on any atom is -0.465 e. The van der Waals surface area contributed by atoms with Crippen LogP contribution in [0.3, 0.4) is 0 Å². The number of hydrogen-bond donors (Lipinski definition) is 0. The third-order valence-corrected chi connectivity index (χ3v) is 3.61. The molecule has 1 fully saturated rings. The maximum Gasteiger partial charge on any atom is 0.324 e. The maximum absolute atomic E-state index is 12.4. The first-order valence-corrected chi connectivity index (χ1v) is 7.17. The van der Waals surface area contributed by atoms with E-state index in [-0.39, 0.29) is 19.1 Å². The lowest BCUT2D eigenvalue weighted by molar-refractivity contribution is -0.173. The molecule has 0 heterocycles. The molecule has 4 nitrogen and oxygen atoms in total. The zero-order valence-electron chi connectivity index (χ0n) is 12.6. The van der Waals surface area contributed by atoms with Crippen molar-refractivity contribution in [2.45, 2.75) is 40.0 Å². The van der Waals surface area contributed by atoms with Gasteiger partial charge in [0.25, 0.3) is 0 Å². The highest BCUT2D eigenvalue weighted by Crippen LogP contribution is 2.46. The van der Waals surface area contributed by atoms with E-state index in [2.05, 4.69) is 6.58 Å². The Balaban J connectivity index is 3.11. The zero-order valence-corrected chi connectivity index (χ0v) is 12.6. The van der Waals surface area contributed by atoms with E-state index < -0.39 is 17.4 Å². The normalized spacial score (nSPS) is 20.9. The largest absolute Gasteiger partial charge is 0.465 e. The molecule has 0 saturated heterocycles. The Bertz CT molecular complexity index is 391. The lowest BCUT2D eigenvalue weighted by Crippen LogP contribution is -2.44. The van der Waals surface area contributed by atoms with Crippen molar-refractivity contribution in [3.05, 3.63) is 24.3 Å². The summed E-state index contributed by atoms with van der Waals surface area (Å²) in [5.74, 6) is -1.11. The number of ether oxygens (including phenoxy) is 2. The molecule has 0 aromatic carbocycles. The van der Waals surface area contributed by atoms with Gasteiger partial charge in [-0.05, 0) is 33.6 Å². The Morgan fingerprint density at radius 2 is 1.80 bits per heavy atom. The zero-order chi connectivity index (χ0) is 15.2. The van der Waals surface area contributed by atoms with Gasteiger partial charge < -0.3 is 9.47 Å². The van der Waals surface area contributed by atoms with E-state index in [9.17, 15) is 9.59 Å². The fourth-order valence-corrected chi connectivity index (χ4v) is 2.68. The van der Waals surface area contributed by atoms with Gasteiger partial charge in [0.15, 0.2) is 5.41 Å². The molecule has 4 heteroatoms. The second-order valence-corrected chi connectivity index (χ2v) is 5.12. The van der Waals surface area contributed by atoms with Gasteiger partial charge in [0, 0.05) is 5.92 Å². The molecule has 1 unspecified atom stereocenters. The monoisotopic (exact) mass is 280 g/mol. The maximum atomic E-state index is 12.4. The molecule has 0 N–H and O–H groups in total. The van der Waals surface area contributed by atoms with Crippen LogP contribution in [0.2, 0.25) is 0 Å². The predicted molar refractivity (Wildman–Crippen MR) is 77.0 cm³/mol. The van der Waals surface area contributed by atoms with E-state index in [1.807, 2.05) is 19.1 Å². The first-order chi connectivity index (χ1) is 9.48. The SMILES string of the molecule is C=C(C)/C=C/C1CCCC1(C(=O)OCC)C(=O)OCC. The molecule has 1 aliphatic rings. The molecular weight excluding hydrogens is 256 g/mol. The lowest BCUT2D eigenvalue weighted by Gasteiger charge is -2.29. The van der Waals surface area contributed by atoms with Crippen LogP contribution < -0.4 is 0 Å². The van der Waals surface area contributed by atoms with Crippen LogP contribution in [0.4, 0.5) is 0 Å². The Morgan fingerprint density at radius 3 is 2.25 bits per heavy atom. The molecule has 0 aromatic heterocycles. The van der Waals surface area contributed by atoms with E-state index in [0.29, 0.717) is 6.42 Å². The highest BCUT2D eigenvalue weighted by Gasteiger charge is 2.56. The molecule has 112 valence electrons. The van der Waals surface area contributed by atoms with Crippen LogP contribution in [-0.4, -0.2) is 25.2 Å². The number of allylic oxidation sites excluding steroid dienone is 3. The average Bonchev–Trinajstić information content (AvgIpc) is 2.81. The molecular formula is C16H24O4. The number of esters is 2. The summed E-state index contributed by atoms with van der Waals surface area (Å²) in [6, 6.07) is 0. The van der Waals surface area contributed by atoms with Crippen LogP contribution in [0.25, 0.3) is 0 Å². The number of rotatable bonds is 6. The summed E-state index contributed by atoms with van der Waals surface area (Å²) >= 11 is 0. The van der Waals surface area contributed by atoms with Crippen LogP contribution in [0.5, 0.6) is 0 Å². The van der Waals surface area contributed by atoms with Gasteiger partial charge in [-0.2, -0.15) is 0 Å². The Kier molecular flexibility index (Phi) is 5.99. The van der Waals surface area contributed by atoms with Crippen LogP contribution in [0.1, 0.15) is 40.0 Å². The van der Waals surface area contributed by atoms with Crippen molar-refractivity contribution in [1.29, 1.82) is 0 Å². The van der Waals surface area contributed by atoms with Gasteiger partial charge in [-0.15, -0.1) is 0 Å². The number of carbonyl (C=O) groups is 2. The van der Waals surface area contributed by atoms with Crippen molar-refractivity contribution in [3.8, 4) is 0 Å². The van der Waals surface area contributed by atoms with Gasteiger partial charge in [-0.3, -0.25) is 9.59 Å². The van der Waals surface area contributed by atoms with Gasteiger partial charge in [-0.25, -0.2) is 0 Å². The summed E-state index contributed by atoms with van der Waals surface area (Å²) in [6.07, 6.45) is 5.81. The second-order valence-electron chi connectivity index (χ2n) is 5.12. The third-order valence-electron chi connectivity index (χ3n) is 3.61. The van der Waals surface area contributed by atoms with Crippen LogP contribution in [-0.2, 0) is 19.1 Å². The third kappa shape index (κ3) is 3.30. The highest BCUT2D eigenvalue weighted by molar-refractivity contribution is 6.01. The topological polar surface area (TPSA) is 52.6 Å². The first kappa shape index (κ1) is 16.5. The van der Waals surface area contributed by atoms with Crippen LogP contribution >= 0.6 is 0 Å². The van der Waals surface area contributed by atoms with E-state index >= 15 is 0 Å². The number of hydrogen-bond acceptors (Lipinski definition) is 4. The summed E-state index contributed by atoms with van der Waals surface area (Å²) in [7, 11) is 0. The summed E-state index contributed by atoms with van der Waals surface area (Å²) in [5, 5.41) is 0. The second kappa shape index (κ2) is 7.27. The quantitative estimate of drug-likeness (QED) is 0.426. The summed E-state index contributed by atoms with van der Waals surface area (Å²) in [4.78, 5) is 24.7. The van der Waals surface area contributed by atoms with Crippen molar-refractivity contribution >= 4 is 11.9 Å². The van der Waals surface area contributed by atoms with Crippen LogP contribution in [0.15, 0.2) is 24.3 Å². The minimum atomic E-state index is -1.18. The Hall–Kier alpha value is -1.58. The molecule has 20 heavy (non-hydrogen) atoms. The fraction of sp³-hybridized carbons (Fsp3) is 0.625. The van der Waals surface area contributed by atoms with Gasteiger partial charge in [0.05, 0.1) is 13.2 Å². The van der Waals surface area contributed by atoms with Crippen molar-refractivity contribution in [3.63, 3.8) is 0 Å². The minimum absolute atomic E-state index is 0.183. The van der Waals surface area contributed by atoms with Crippen molar-refractivity contribution in [2.24, 2.45) is 11.3 Å². The average molecular weight is 280 g/mol. The van der Waals surface area contributed by atoms with Gasteiger partial charge in [0.2, 0.25) is 0 Å². The molecule has 1 atom stereocenters. The molecule has 0 radical (unpaired) electrons. The standard InChI is InChI=1S/C16H24O4/c1-5-19-14(17)16(15(18)20-6-2)11-7-8-13(16)10-9-12(3)4/h9-10,13H,3,5-8,11H2,1-2,4H3/b10-9+. The molecule has 0 amide bonds. The summed E-state index contributed by atoms with van der Waals surface area (Å²) < 4.78 is 10.3. The molecule has 0 aliphatic heterocycles. The summed E-state index contributed by atoms with van der Waals surface area (Å²) in [5.41, 5.74) is -0.295. The molecule has 1 rings (SSSR count). The van der Waals surface area contributed by atoms with E-state index in [1.54, 1.807) is 13.8 Å². The van der Waals surface area contributed by atoms with Gasteiger partial charge >= 0.3 is 11.9 Å². The molecule has 1 saturated carbocycles. The van der Waals surface area contributed by atoms with Crippen molar-refractivity contribution < 1.29 is 19.1 Å². The summed E-state index contributed by atoms with van der Waals surface area (Å²) in [6.45, 7) is 9.69.